The van der Waals surface area contributed by atoms with Crippen LogP contribution in [0.1, 0.15) is 30.9 Å². The molecule has 0 unspecified atom stereocenters. The summed E-state index contributed by atoms with van der Waals surface area (Å²) in [5.74, 6) is 0.794. The zero-order chi connectivity index (χ0) is 20.2. The molecule has 0 aliphatic heterocycles. The third-order valence-corrected chi connectivity index (χ3v) is 4.28. The molecule has 0 saturated heterocycles. The van der Waals surface area contributed by atoms with Gasteiger partial charge < -0.3 is 20.5 Å². The van der Waals surface area contributed by atoms with Crippen molar-refractivity contribution in [3.63, 3.8) is 0 Å². The van der Waals surface area contributed by atoms with Gasteiger partial charge in [-0.3, -0.25) is 4.79 Å². The maximum atomic E-state index is 12.2. The van der Waals surface area contributed by atoms with Gasteiger partial charge in [0.25, 0.3) is 0 Å². The minimum Gasteiger partial charge on any atom is -0.489 e. The molecular formula is C23H30N2O3. The van der Waals surface area contributed by atoms with E-state index in [2.05, 4.69) is 18.8 Å². The molecule has 2 aromatic rings. The molecule has 0 spiro atoms. The number of nitrogens with two attached hydrogens (primary N) is 1. The lowest BCUT2D eigenvalue weighted by molar-refractivity contribution is -0.115. The molecular weight excluding hydrogens is 352 g/mol. The van der Waals surface area contributed by atoms with Gasteiger partial charge in [-0.05, 0) is 42.2 Å². The predicted molar refractivity (Wildman–Crippen MR) is 113 cm³/mol. The summed E-state index contributed by atoms with van der Waals surface area (Å²) in [6, 6.07) is 15.9. The van der Waals surface area contributed by atoms with Crippen molar-refractivity contribution in [2.45, 2.75) is 32.8 Å². The number of allylic oxidation sites excluding steroid dienone is 1. The van der Waals surface area contributed by atoms with Gasteiger partial charge in [0, 0.05) is 25.3 Å². The summed E-state index contributed by atoms with van der Waals surface area (Å²) in [5.41, 5.74) is 8.84. The molecule has 0 bridgehead atoms. The molecule has 0 heterocycles. The second kappa shape index (κ2) is 12.0. The Hall–Kier alpha value is -2.63. The maximum absolute atomic E-state index is 12.2. The zero-order valence-corrected chi connectivity index (χ0v) is 16.6. The highest BCUT2D eigenvalue weighted by atomic mass is 16.5. The summed E-state index contributed by atoms with van der Waals surface area (Å²) in [6.07, 6.45) is 1.88. The summed E-state index contributed by atoms with van der Waals surface area (Å²) >= 11 is 0. The number of rotatable bonds is 13. The van der Waals surface area contributed by atoms with E-state index in [0.717, 1.165) is 29.0 Å². The summed E-state index contributed by atoms with van der Waals surface area (Å²) in [5, 5.41) is 3.15. The van der Waals surface area contributed by atoms with E-state index in [1.54, 1.807) is 0 Å². The molecule has 0 radical (unpaired) electrons. The molecule has 2 rings (SSSR count). The first-order chi connectivity index (χ1) is 13.6. The Morgan fingerprint density at radius 2 is 1.93 bits per heavy atom. The molecule has 3 N–H and O–H groups in total. The highest BCUT2D eigenvalue weighted by Crippen LogP contribution is 2.25. The first kappa shape index (κ1) is 21.7. The van der Waals surface area contributed by atoms with Crippen LogP contribution in [0, 0.1) is 0 Å². The molecule has 2 aromatic carbocycles. The van der Waals surface area contributed by atoms with Crippen molar-refractivity contribution in [3.05, 3.63) is 71.9 Å². The molecule has 5 nitrogen and oxygen atoms in total. The van der Waals surface area contributed by atoms with Crippen LogP contribution in [-0.4, -0.2) is 25.5 Å². The third kappa shape index (κ3) is 7.18. The van der Waals surface area contributed by atoms with Crippen LogP contribution in [0.15, 0.2) is 60.8 Å². The Bertz CT molecular complexity index is 760. The van der Waals surface area contributed by atoms with E-state index in [0.29, 0.717) is 44.9 Å². The predicted octanol–water partition coefficient (Wildman–Crippen LogP) is 4.08. The lowest BCUT2D eigenvalue weighted by Crippen LogP contribution is -2.13. The number of ether oxygens (including phenoxy) is 2. The second-order valence-corrected chi connectivity index (χ2v) is 6.48. The molecule has 5 heteroatoms. The van der Waals surface area contributed by atoms with Crippen molar-refractivity contribution < 1.29 is 14.3 Å². The number of Topliss-reactive ketones (excluding diaryl/α,β-unsaturated/α-hetero) is 1. The Balaban J connectivity index is 1.88. The number of hydrogen-bond acceptors (Lipinski definition) is 5. The monoisotopic (exact) mass is 382 g/mol. The van der Waals surface area contributed by atoms with E-state index >= 15 is 0 Å². The van der Waals surface area contributed by atoms with Gasteiger partial charge in [0.2, 0.25) is 0 Å². The number of carbonyl (C=O) groups excluding carboxylic acids is 1. The molecule has 0 amide bonds. The summed E-state index contributed by atoms with van der Waals surface area (Å²) in [4.78, 5) is 12.2. The molecule has 0 aliphatic rings. The number of aryl methyl sites for hydroxylation is 1. The minimum atomic E-state index is -0.0113. The average molecular weight is 383 g/mol. The Morgan fingerprint density at radius 3 is 2.64 bits per heavy atom. The fourth-order valence-corrected chi connectivity index (χ4v) is 2.72. The summed E-state index contributed by atoms with van der Waals surface area (Å²) in [6.45, 7) is 8.02. The highest BCUT2D eigenvalue weighted by Gasteiger charge is 2.10. The van der Waals surface area contributed by atoms with Crippen LogP contribution < -0.4 is 15.8 Å². The van der Waals surface area contributed by atoms with Crippen molar-refractivity contribution >= 4 is 11.5 Å². The minimum absolute atomic E-state index is 0.0113. The van der Waals surface area contributed by atoms with Crippen LogP contribution in [0.4, 0.5) is 5.69 Å². The van der Waals surface area contributed by atoms with Crippen LogP contribution in [0.5, 0.6) is 5.75 Å². The number of ketones is 1. The number of hydrogen-bond donors (Lipinski definition) is 2. The van der Waals surface area contributed by atoms with Crippen molar-refractivity contribution in [3.8, 4) is 5.75 Å². The summed E-state index contributed by atoms with van der Waals surface area (Å²) < 4.78 is 11.2. The SMILES string of the molecule is C=C(Nc1ccc(OCc2ccccc2)cc1CC)C(=O)CCCOCCN. The number of benzene rings is 2. The first-order valence-electron chi connectivity index (χ1n) is 9.70. The highest BCUT2D eigenvalue weighted by molar-refractivity contribution is 5.97. The van der Waals surface area contributed by atoms with E-state index in [1.807, 2.05) is 48.5 Å². The number of anilines is 1. The Morgan fingerprint density at radius 1 is 1.14 bits per heavy atom. The van der Waals surface area contributed by atoms with Crippen LogP contribution >= 0.6 is 0 Å². The topological polar surface area (TPSA) is 73.6 Å². The van der Waals surface area contributed by atoms with Crippen LogP contribution in [0.3, 0.4) is 0 Å². The number of nitrogens with one attached hydrogen (secondary N) is 1. The van der Waals surface area contributed by atoms with Crippen molar-refractivity contribution in [1.82, 2.24) is 0 Å². The fourth-order valence-electron chi connectivity index (χ4n) is 2.72. The van der Waals surface area contributed by atoms with Crippen molar-refractivity contribution in [2.24, 2.45) is 5.73 Å². The molecule has 0 aromatic heterocycles. The number of carbonyl (C=O) groups is 1. The fraction of sp³-hybridized carbons (Fsp3) is 0.348. The van der Waals surface area contributed by atoms with Gasteiger partial charge in [-0.15, -0.1) is 0 Å². The standard InChI is InChI=1S/C23H30N2O3/c1-3-20-16-21(28-17-19-8-5-4-6-9-19)11-12-22(20)25-18(2)23(26)10-7-14-27-15-13-24/h4-6,8-9,11-12,16,25H,2-3,7,10,13-15,17,24H2,1H3. The van der Waals surface area contributed by atoms with Gasteiger partial charge in [-0.2, -0.15) is 0 Å². The normalized spacial score (nSPS) is 10.5. The van der Waals surface area contributed by atoms with Crippen LogP contribution in [0.25, 0.3) is 0 Å². The van der Waals surface area contributed by atoms with Gasteiger partial charge in [-0.25, -0.2) is 0 Å². The Labute approximate surface area is 167 Å². The maximum Gasteiger partial charge on any atom is 0.178 e. The van der Waals surface area contributed by atoms with E-state index in [1.165, 1.54) is 0 Å². The van der Waals surface area contributed by atoms with E-state index in [4.69, 9.17) is 15.2 Å². The second-order valence-electron chi connectivity index (χ2n) is 6.48. The largest absolute Gasteiger partial charge is 0.489 e. The average Bonchev–Trinajstić information content (AvgIpc) is 2.73. The van der Waals surface area contributed by atoms with Crippen LogP contribution in [-0.2, 0) is 22.6 Å². The lowest BCUT2D eigenvalue weighted by atomic mass is 10.1. The van der Waals surface area contributed by atoms with Gasteiger partial charge >= 0.3 is 0 Å². The Kier molecular flexibility index (Phi) is 9.25. The van der Waals surface area contributed by atoms with E-state index in [9.17, 15) is 4.79 Å². The van der Waals surface area contributed by atoms with Crippen LogP contribution in [0.2, 0.25) is 0 Å². The third-order valence-electron chi connectivity index (χ3n) is 4.28. The van der Waals surface area contributed by atoms with Crippen molar-refractivity contribution in [1.29, 1.82) is 0 Å². The first-order valence-corrected chi connectivity index (χ1v) is 9.70. The molecule has 150 valence electrons. The van der Waals surface area contributed by atoms with Crippen molar-refractivity contribution in [2.75, 3.05) is 25.1 Å². The lowest BCUT2D eigenvalue weighted by Gasteiger charge is -2.15. The van der Waals surface area contributed by atoms with Gasteiger partial charge in [0.05, 0.1) is 12.3 Å². The van der Waals surface area contributed by atoms with Gasteiger partial charge in [0.15, 0.2) is 5.78 Å². The van der Waals surface area contributed by atoms with E-state index in [-0.39, 0.29) is 5.78 Å². The van der Waals surface area contributed by atoms with Gasteiger partial charge in [-0.1, -0.05) is 43.8 Å². The quantitative estimate of drug-likeness (QED) is 0.403. The molecule has 28 heavy (non-hydrogen) atoms. The van der Waals surface area contributed by atoms with E-state index < -0.39 is 0 Å². The molecule has 0 aliphatic carbocycles. The zero-order valence-electron chi connectivity index (χ0n) is 16.6. The molecule has 0 fully saturated rings. The molecule has 0 saturated carbocycles. The smallest absolute Gasteiger partial charge is 0.178 e. The van der Waals surface area contributed by atoms with Gasteiger partial charge in [0.1, 0.15) is 12.4 Å². The molecule has 0 atom stereocenters. The summed E-state index contributed by atoms with van der Waals surface area (Å²) in [7, 11) is 0.